The van der Waals surface area contributed by atoms with Crippen LogP contribution in [0.25, 0.3) is 0 Å². The molecule has 1 aliphatic rings. The van der Waals surface area contributed by atoms with Gasteiger partial charge in [0.05, 0.1) is 0 Å². The summed E-state index contributed by atoms with van der Waals surface area (Å²) >= 11 is 0. The summed E-state index contributed by atoms with van der Waals surface area (Å²) in [6.07, 6.45) is 1.96. The SMILES string of the molecule is Cc1ccc(C2C=N2)cc1. The van der Waals surface area contributed by atoms with Crippen LogP contribution in [0.15, 0.2) is 29.3 Å². The molecule has 1 aliphatic heterocycles. The van der Waals surface area contributed by atoms with E-state index in [4.69, 9.17) is 0 Å². The van der Waals surface area contributed by atoms with Gasteiger partial charge < -0.3 is 0 Å². The third-order valence-electron chi connectivity index (χ3n) is 1.72. The largest absolute Gasteiger partial charge is 0.281 e. The molecule has 1 nitrogen and oxygen atoms in total. The predicted octanol–water partition coefficient (Wildman–Crippen LogP) is 2.12. The van der Waals surface area contributed by atoms with Crippen molar-refractivity contribution in [2.75, 3.05) is 0 Å². The third-order valence-corrected chi connectivity index (χ3v) is 1.72. The molecule has 0 aliphatic carbocycles. The van der Waals surface area contributed by atoms with Crippen LogP contribution in [0.3, 0.4) is 0 Å². The normalized spacial score (nSPS) is 21.1. The molecule has 0 amide bonds. The molecule has 0 saturated heterocycles. The Kier molecular flexibility index (Phi) is 1.10. The van der Waals surface area contributed by atoms with Gasteiger partial charge in [-0.15, -0.1) is 0 Å². The fraction of sp³-hybridized carbons (Fsp3) is 0.222. The summed E-state index contributed by atoms with van der Waals surface area (Å²) in [6.45, 7) is 2.09. The first kappa shape index (κ1) is 5.66. The Balaban J connectivity index is 2.28. The van der Waals surface area contributed by atoms with Gasteiger partial charge in [-0.25, -0.2) is 0 Å². The molecular weight excluding hydrogens is 122 g/mol. The first-order chi connectivity index (χ1) is 4.86. The molecule has 1 aromatic rings. The van der Waals surface area contributed by atoms with E-state index in [0.717, 1.165) is 0 Å². The van der Waals surface area contributed by atoms with Gasteiger partial charge in [0.15, 0.2) is 0 Å². The molecule has 1 atom stereocenters. The Morgan fingerprint density at radius 1 is 1.20 bits per heavy atom. The molecule has 50 valence electrons. The van der Waals surface area contributed by atoms with Crippen LogP contribution in [-0.4, -0.2) is 6.21 Å². The number of hydrogen-bond donors (Lipinski definition) is 0. The van der Waals surface area contributed by atoms with Crippen molar-refractivity contribution in [2.24, 2.45) is 4.99 Å². The second-order valence-electron chi connectivity index (χ2n) is 2.65. The van der Waals surface area contributed by atoms with E-state index < -0.39 is 0 Å². The summed E-state index contributed by atoms with van der Waals surface area (Å²) in [5.41, 5.74) is 2.62. The minimum absolute atomic E-state index is 0.403. The zero-order valence-corrected chi connectivity index (χ0v) is 5.91. The Labute approximate surface area is 60.4 Å². The number of aliphatic imine (C=N–C) groups is 1. The van der Waals surface area contributed by atoms with E-state index in [1.807, 2.05) is 6.21 Å². The van der Waals surface area contributed by atoms with E-state index in [1.54, 1.807) is 0 Å². The Bertz CT molecular complexity index is 253. The first-order valence-electron chi connectivity index (χ1n) is 3.46. The highest BCUT2D eigenvalue weighted by Crippen LogP contribution is 2.23. The molecule has 0 bridgehead atoms. The molecule has 1 aromatic carbocycles. The van der Waals surface area contributed by atoms with Crippen LogP contribution in [0.5, 0.6) is 0 Å². The molecular formula is C9H9N. The Morgan fingerprint density at radius 3 is 2.30 bits per heavy atom. The fourth-order valence-corrected chi connectivity index (χ4v) is 0.979. The number of benzene rings is 1. The molecule has 1 heteroatoms. The highest BCUT2D eigenvalue weighted by molar-refractivity contribution is 5.79. The fourth-order valence-electron chi connectivity index (χ4n) is 0.979. The zero-order valence-electron chi connectivity index (χ0n) is 5.91. The lowest BCUT2D eigenvalue weighted by Gasteiger charge is -1.95. The minimum atomic E-state index is 0.403. The second-order valence-corrected chi connectivity index (χ2v) is 2.65. The average molecular weight is 131 g/mol. The summed E-state index contributed by atoms with van der Waals surface area (Å²) in [7, 11) is 0. The molecule has 10 heavy (non-hydrogen) atoms. The van der Waals surface area contributed by atoms with Gasteiger partial charge in [-0.1, -0.05) is 29.8 Å². The monoisotopic (exact) mass is 131 g/mol. The van der Waals surface area contributed by atoms with E-state index in [1.165, 1.54) is 11.1 Å². The molecule has 0 radical (unpaired) electrons. The molecule has 2 rings (SSSR count). The topological polar surface area (TPSA) is 12.4 Å². The van der Waals surface area contributed by atoms with Gasteiger partial charge in [0.1, 0.15) is 6.04 Å². The maximum absolute atomic E-state index is 4.08. The van der Waals surface area contributed by atoms with E-state index >= 15 is 0 Å². The smallest absolute Gasteiger partial charge is 0.109 e. The highest BCUT2D eigenvalue weighted by atomic mass is 14.9. The molecule has 0 saturated carbocycles. The lowest BCUT2D eigenvalue weighted by atomic mass is 10.1. The van der Waals surface area contributed by atoms with Gasteiger partial charge in [0.25, 0.3) is 0 Å². The van der Waals surface area contributed by atoms with Crippen molar-refractivity contribution in [1.82, 2.24) is 0 Å². The highest BCUT2D eigenvalue weighted by Gasteiger charge is 2.14. The van der Waals surface area contributed by atoms with Gasteiger partial charge >= 0.3 is 0 Å². The summed E-state index contributed by atoms with van der Waals surface area (Å²) in [5.74, 6) is 0. The van der Waals surface area contributed by atoms with Gasteiger partial charge in [0.2, 0.25) is 0 Å². The van der Waals surface area contributed by atoms with E-state index in [-0.39, 0.29) is 0 Å². The first-order valence-corrected chi connectivity index (χ1v) is 3.46. The van der Waals surface area contributed by atoms with Crippen molar-refractivity contribution >= 4 is 6.21 Å². The number of nitrogens with zero attached hydrogens (tertiary/aromatic N) is 1. The Hall–Kier alpha value is -1.11. The lowest BCUT2D eigenvalue weighted by molar-refractivity contribution is 1.13. The summed E-state index contributed by atoms with van der Waals surface area (Å²) < 4.78 is 0. The van der Waals surface area contributed by atoms with Crippen molar-refractivity contribution in [3.05, 3.63) is 35.4 Å². The van der Waals surface area contributed by atoms with Gasteiger partial charge in [-0.05, 0) is 12.5 Å². The maximum atomic E-state index is 4.08. The van der Waals surface area contributed by atoms with Crippen molar-refractivity contribution in [3.8, 4) is 0 Å². The summed E-state index contributed by atoms with van der Waals surface area (Å²) in [5, 5.41) is 0. The molecule has 0 aromatic heterocycles. The van der Waals surface area contributed by atoms with Crippen molar-refractivity contribution in [2.45, 2.75) is 13.0 Å². The number of hydrogen-bond acceptors (Lipinski definition) is 1. The van der Waals surface area contributed by atoms with Crippen LogP contribution in [0.4, 0.5) is 0 Å². The predicted molar refractivity (Wildman–Crippen MR) is 42.4 cm³/mol. The van der Waals surface area contributed by atoms with Crippen molar-refractivity contribution in [1.29, 1.82) is 0 Å². The minimum Gasteiger partial charge on any atom is -0.281 e. The second kappa shape index (κ2) is 1.94. The maximum Gasteiger partial charge on any atom is 0.109 e. The zero-order chi connectivity index (χ0) is 6.97. The lowest BCUT2D eigenvalue weighted by Crippen LogP contribution is -1.80. The molecule has 0 N–H and O–H groups in total. The van der Waals surface area contributed by atoms with Crippen molar-refractivity contribution in [3.63, 3.8) is 0 Å². The van der Waals surface area contributed by atoms with Gasteiger partial charge in [0, 0.05) is 6.21 Å². The van der Waals surface area contributed by atoms with Crippen LogP contribution in [0, 0.1) is 6.92 Å². The van der Waals surface area contributed by atoms with E-state index in [2.05, 4.69) is 36.2 Å². The molecule has 0 spiro atoms. The number of aryl methyl sites for hydroxylation is 1. The van der Waals surface area contributed by atoms with Crippen molar-refractivity contribution < 1.29 is 0 Å². The van der Waals surface area contributed by atoms with Crippen LogP contribution >= 0.6 is 0 Å². The van der Waals surface area contributed by atoms with Crippen LogP contribution in [0.1, 0.15) is 17.2 Å². The Morgan fingerprint density at radius 2 is 1.80 bits per heavy atom. The van der Waals surface area contributed by atoms with Crippen LogP contribution in [0.2, 0.25) is 0 Å². The standard InChI is InChI=1S/C9H9N/c1-7-2-4-8(5-3-7)9-6-10-9/h2-6,9H,1H3. The average Bonchev–Trinajstić information content (AvgIpc) is 2.71. The third kappa shape index (κ3) is 0.947. The molecule has 1 heterocycles. The molecule has 0 fully saturated rings. The summed E-state index contributed by atoms with van der Waals surface area (Å²) in [4.78, 5) is 4.08. The van der Waals surface area contributed by atoms with E-state index in [9.17, 15) is 0 Å². The van der Waals surface area contributed by atoms with Gasteiger partial charge in [-0.2, -0.15) is 0 Å². The van der Waals surface area contributed by atoms with E-state index in [0.29, 0.717) is 6.04 Å². The molecule has 1 unspecified atom stereocenters. The van der Waals surface area contributed by atoms with Crippen LogP contribution < -0.4 is 0 Å². The quantitative estimate of drug-likeness (QED) is 0.553. The summed E-state index contributed by atoms with van der Waals surface area (Å²) in [6, 6.07) is 8.91. The van der Waals surface area contributed by atoms with Crippen LogP contribution in [-0.2, 0) is 0 Å². The number of rotatable bonds is 1. The van der Waals surface area contributed by atoms with Gasteiger partial charge in [-0.3, -0.25) is 4.99 Å².